The molecule has 0 aliphatic rings. The average Bonchev–Trinajstić information content (AvgIpc) is 3.07. The first-order valence-electron chi connectivity index (χ1n) is 6.26. The molecule has 0 saturated carbocycles. The maximum absolute atomic E-state index is 10.9. The van der Waals surface area contributed by atoms with Gasteiger partial charge >= 0.3 is 5.97 Å². The largest absolute Gasteiger partial charge is 0.478 e. The lowest BCUT2D eigenvalue weighted by Crippen LogP contribution is -1.91. The van der Waals surface area contributed by atoms with E-state index in [1.165, 1.54) is 11.3 Å². The molecule has 0 radical (unpaired) electrons. The summed E-state index contributed by atoms with van der Waals surface area (Å²) in [6, 6.07) is 5.67. The molecule has 3 heterocycles. The van der Waals surface area contributed by atoms with Crippen LogP contribution in [0.3, 0.4) is 0 Å². The van der Waals surface area contributed by atoms with E-state index in [4.69, 9.17) is 5.11 Å². The van der Waals surface area contributed by atoms with Gasteiger partial charge in [-0.25, -0.2) is 9.78 Å². The van der Waals surface area contributed by atoms with Crippen LogP contribution in [0.2, 0.25) is 0 Å². The number of hydrogen-bond acceptors (Lipinski definition) is 5. The van der Waals surface area contributed by atoms with E-state index in [9.17, 15) is 4.79 Å². The number of rotatable bonds is 3. The van der Waals surface area contributed by atoms with E-state index in [-0.39, 0.29) is 0 Å². The molecule has 0 aliphatic carbocycles. The van der Waals surface area contributed by atoms with Crippen LogP contribution >= 0.6 is 22.7 Å². The summed E-state index contributed by atoms with van der Waals surface area (Å²) >= 11 is 2.95. The minimum absolute atomic E-state index is 0.306. The topological polar surface area (TPSA) is 63.1 Å². The van der Waals surface area contributed by atoms with Crippen molar-refractivity contribution in [3.8, 4) is 21.1 Å². The predicted octanol–water partition coefficient (Wildman–Crippen LogP) is 4.25. The molecule has 0 amide bonds. The molecule has 0 spiro atoms. The van der Waals surface area contributed by atoms with Crippen molar-refractivity contribution in [3.05, 3.63) is 45.9 Å². The predicted molar refractivity (Wildman–Crippen MR) is 85.1 cm³/mol. The second kappa shape index (κ2) is 5.38. The van der Waals surface area contributed by atoms with Crippen LogP contribution in [0, 0.1) is 13.8 Å². The maximum atomic E-state index is 10.9. The van der Waals surface area contributed by atoms with Gasteiger partial charge in [0.05, 0.1) is 16.1 Å². The summed E-state index contributed by atoms with van der Waals surface area (Å²) in [5.41, 5.74) is 4.10. The van der Waals surface area contributed by atoms with E-state index in [0.717, 1.165) is 32.5 Å². The zero-order valence-corrected chi connectivity index (χ0v) is 13.1. The SMILES string of the molecule is Cc1cc(-c2nc(-c3cc(C(=O)O)cs3)cs2)cc(C)n1. The number of aromatic nitrogens is 2. The monoisotopic (exact) mass is 316 g/mol. The Labute approximate surface area is 129 Å². The van der Waals surface area contributed by atoms with E-state index in [1.54, 1.807) is 22.8 Å². The first-order chi connectivity index (χ1) is 10.0. The second-order valence-electron chi connectivity index (χ2n) is 4.68. The van der Waals surface area contributed by atoms with Crippen molar-refractivity contribution in [2.24, 2.45) is 0 Å². The van der Waals surface area contributed by atoms with E-state index < -0.39 is 5.97 Å². The third kappa shape index (κ3) is 2.86. The fourth-order valence-electron chi connectivity index (χ4n) is 2.06. The summed E-state index contributed by atoms with van der Waals surface area (Å²) in [6.07, 6.45) is 0. The van der Waals surface area contributed by atoms with Crippen molar-refractivity contribution in [2.75, 3.05) is 0 Å². The fraction of sp³-hybridized carbons (Fsp3) is 0.133. The van der Waals surface area contributed by atoms with Crippen molar-refractivity contribution >= 4 is 28.6 Å². The van der Waals surface area contributed by atoms with Crippen LogP contribution in [0.15, 0.2) is 29.0 Å². The molecule has 3 rings (SSSR count). The number of carboxylic acid groups (broad SMARTS) is 1. The summed E-state index contributed by atoms with van der Waals surface area (Å²) in [7, 11) is 0. The Kier molecular flexibility index (Phi) is 3.57. The first kappa shape index (κ1) is 13.9. The van der Waals surface area contributed by atoms with Crippen LogP contribution in [0.1, 0.15) is 21.7 Å². The number of carboxylic acids is 1. The molecule has 106 valence electrons. The highest BCUT2D eigenvalue weighted by molar-refractivity contribution is 7.15. The van der Waals surface area contributed by atoms with E-state index in [0.29, 0.717) is 5.56 Å². The minimum atomic E-state index is -0.909. The number of hydrogen-bond donors (Lipinski definition) is 1. The Balaban J connectivity index is 1.97. The zero-order valence-electron chi connectivity index (χ0n) is 11.5. The number of thiazole rings is 1. The van der Waals surface area contributed by atoms with Gasteiger partial charge in [-0.2, -0.15) is 0 Å². The molecule has 0 fully saturated rings. The Morgan fingerprint density at radius 1 is 1.05 bits per heavy atom. The molecular weight excluding hydrogens is 304 g/mol. The number of aromatic carboxylic acids is 1. The summed E-state index contributed by atoms with van der Waals surface area (Å²) in [4.78, 5) is 20.8. The Bertz CT molecular complexity index is 800. The van der Waals surface area contributed by atoms with E-state index >= 15 is 0 Å². The molecule has 0 saturated heterocycles. The van der Waals surface area contributed by atoms with Crippen molar-refractivity contribution in [2.45, 2.75) is 13.8 Å². The van der Waals surface area contributed by atoms with Gasteiger partial charge in [-0.05, 0) is 32.0 Å². The van der Waals surface area contributed by atoms with Crippen molar-refractivity contribution in [1.29, 1.82) is 0 Å². The third-order valence-corrected chi connectivity index (χ3v) is 4.78. The van der Waals surface area contributed by atoms with Crippen molar-refractivity contribution in [3.63, 3.8) is 0 Å². The van der Waals surface area contributed by atoms with E-state index in [2.05, 4.69) is 9.97 Å². The van der Waals surface area contributed by atoms with Gasteiger partial charge in [-0.15, -0.1) is 22.7 Å². The number of aryl methyl sites for hydroxylation is 2. The van der Waals surface area contributed by atoms with Crippen LogP contribution in [0.25, 0.3) is 21.1 Å². The van der Waals surface area contributed by atoms with Gasteiger partial charge in [0.25, 0.3) is 0 Å². The molecule has 0 atom stereocenters. The molecular formula is C15H12N2O2S2. The molecule has 3 aromatic rings. The molecule has 6 heteroatoms. The smallest absolute Gasteiger partial charge is 0.336 e. The fourth-order valence-corrected chi connectivity index (χ4v) is 3.79. The molecule has 21 heavy (non-hydrogen) atoms. The summed E-state index contributed by atoms with van der Waals surface area (Å²) in [5, 5.41) is 13.5. The summed E-state index contributed by atoms with van der Waals surface area (Å²) < 4.78 is 0. The third-order valence-electron chi connectivity index (χ3n) is 2.93. The summed E-state index contributed by atoms with van der Waals surface area (Å²) in [5.74, 6) is -0.909. The van der Waals surface area contributed by atoms with E-state index in [1.807, 2.05) is 31.4 Å². The van der Waals surface area contributed by atoms with Crippen LogP contribution in [0.4, 0.5) is 0 Å². The zero-order chi connectivity index (χ0) is 15.0. The standard InChI is InChI=1S/C15H12N2O2S2/c1-8-3-10(4-9(2)16-8)14-17-12(7-21-14)13-5-11(6-20-13)15(18)19/h3-7H,1-2H3,(H,18,19). The van der Waals surface area contributed by atoms with Gasteiger partial charge in [0.1, 0.15) is 5.01 Å². The molecule has 1 N–H and O–H groups in total. The normalized spacial score (nSPS) is 10.8. The number of nitrogens with zero attached hydrogens (tertiary/aromatic N) is 2. The molecule has 0 aliphatic heterocycles. The molecule has 3 aromatic heterocycles. The lowest BCUT2D eigenvalue weighted by molar-refractivity contribution is 0.0697. The van der Waals surface area contributed by atoms with Crippen molar-refractivity contribution < 1.29 is 9.90 Å². The highest BCUT2D eigenvalue weighted by atomic mass is 32.1. The lowest BCUT2D eigenvalue weighted by atomic mass is 10.2. The Morgan fingerprint density at radius 3 is 2.38 bits per heavy atom. The van der Waals surface area contributed by atoms with Gasteiger partial charge in [0, 0.05) is 27.7 Å². The van der Waals surface area contributed by atoms with Crippen molar-refractivity contribution in [1.82, 2.24) is 9.97 Å². The van der Waals surface area contributed by atoms with Crippen LogP contribution in [-0.2, 0) is 0 Å². The molecule has 0 aromatic carbocycles. The molecule has 0 bridgehead atoms. The maximum Gasteiger partial charge on any atom is 0.336 e. The quantitative estimate of drug-likeness (QED) is 0.784. The van der Waals surface area contributed by atoms with Gasteiger partial charge in [0.15, 0.2) is 0 Å². The Morgan fingerprint density at radius 2 is 1.76 bits per heavy atom. The van der Waals surface area contributed by atoms with Gasteiger partial charge < -0.3 is 5.11 Å². The number of pyridine rings is 1. The number of thiophene rings is 1. The van der Waals surface area contributed by atoms with Crippen LogP contribution in [0.5, 0.6) is 0 Å². The highest BCUT2D eigenvalue weighted by Crippen LogP contribution is 2.32. The van der Waals surface area contributed by atoms with Crippen LogP contribution < -0.4 is 0 Å². The summed E-state index contributed by atoms with van der Waals surface area (Å²) in [6.45, 7) is 3.92. The molecule has 0 unspecified atom stereocenters. The van der Waals surface area contributed by atoms with Gasteiger partial charge in [0.2, 0.25) is 0 Å². The Hall–Kier alpha value is -2.05. The first-order valence-corrected chi connectivity index (χ1v) is 8.02. The van der Waals surface area contributed by atoms with Gasteiger partial charge in [-0.3, -0.25) is 4.98 Å². The van der Waals surface area contributed by atoms with Crippen LogP contribution in [-0.4, -0.2) is 21.0 Å². The lowest BCUT2D eigenvalue weighted by Gasteiger charge is -2.00. The molecule has 4 nitrogen and oxygen atoms in total. The minimum Gasteiger partial charge on any atom is -0.478 e. The number of carbonyl (C=O) groups is 1. The van der Waals surface area contributed by atoms with Gasteiger partial charge in [-0.1, -0.05) is 0 Å². The second-order valence-corrected chi connectivity index (χ2v) is 6.45. The highest BCUT2D eigenvalue weighted by Gasteiger charge is 2.12. The average molecular weight is 316 g/mol.